The van der Waals surface area contributed by atoms with Crippen molar-refractivity contribution in [3.63, 3.8) is 0 Å². The van der Waals surface area contributed by atoms with Crippen LogP contribution in [0.3, 0.4) is 0 Å². The fourth-order valence-electron chi connectivity index (χ4n) is 5.87. The third kappa shape index (κ3) is 4.36. The second-order valence-corrected chi connectivity index (χ2v) is 10.4. The summed E-state index contributed by atoms with van der Waals surface area (Å²) < 4.78 is 7.90. The minimum atomic E-state index is -0.0755. The van der Waals surface area contributed by atoms with Gasteiger partial charge in [0.15, 0.2) is 5.11 Å². The van der Waals surface area contributed by atoms with Gasteiger partial charge in [-0.25, -0.2) is 0 Å². The first kappa shape index (κ1) is 24.6. The molecule has 2 atom stereocenters. The molecule has 4 heterocycles. The molecule has 0 radical (unpaired) electrons. The number of rotatable bonds is 5. The van der Waals surface area contributed by atoms with E-state index < -0.39 is 0 Å². The van der Waals surface area contributed by atoms with Crippen molar-refractivity contribution in [2.75, 3.05) is 36.1 Å². The molecule has 2 aromatic heterocycles. The van der Waals surface area contributed by atoms with E-state index in [-0.39, 0.29) is 12.1 Å². The SMILES string of the molecule is Cc1ccccc1-n1c(C)cc([C@@H]2[C@@H](c3ccccn3)NC(=S)N2c2ccc(N3CCOCC3)cc2)c1C. The monoisotopic (exact) mass is 523 g/mol. The molecule has 38 heavy (non-hydrogen) atoms. The first-order chi connectivity index (χ1) is 18.5. The Morgan fingerprint density at radius 1 is 0.895 bits per heavy atom. The van der Waals surface area contributed by atoms with Gasteiger partial charge >= 0.3 is 0 Å². The number of nitrogens with zero attached hydrogens (tertiary/aromatic N) is 4. The van der Waals surface area contributed by atoms with Crippen LogP contribution in [0.15, 0.2) is 79.0 Å². The Balaban J connectivity index is 1.44. The maximum atomic E-state index is 5.99. The summed E-state index contributed by atoms with van der Waals surface area (Å²) in [7, 11) is 0. The Labute approximate surface area is 229 Å². The third-order valence-corrected chi connectivity index (χ3v) is 8.06. The zero-order valence-corrected chi connectivity index (χ0v) is 22.9. The lowest BCUT2D eigenvalue weighted by Gasteiger charge is -2.31. The molecule has 7 heteroatoms. The molecule has 1 N–H and O–H groups in total. The highest BCUT2D eigenvalue weighted by molar-refractivity contribution is 7.80. The number of ether oxygens (including phenoxy) is 1. The zero-order chi connectivity index (χ0) is 26.2. The summed E-state index contributed by atoms with van der Waals surface area (Å²) in [5.41, 5.74) is 9.38. The number of para-hydroxylation sites is 1. The number of aryl methyl sites for hydroxylation is 2. The van der Waals surface area contributed by atoms with Gasteiger partial charge in [-0.1, -0.05) is 24.3 Å². The summed E-state index contributed by atoms with van der Waals surface area (Å²) in [4.78, 5) is 9.37. The smallest absolute Gasteiger partial charge is 0.174 e. The van der Waals surface area contributed by atoms with Crippen molar-refractivity contribution in [2.24, 2.45) is 0 Å². The Hall–Kier alpha value is -3.68. The second-order valence-electron chi connectivity index (χ2n) is 10.1. The lowest BCUT2D eigenvalue weighted by molar-refractivity contribution is 0.122. The van der Waals surface area contributed by atoms with Crippen LogP contribution in [0.4, 0.5) is 11.4 Å². The van der Waals surface area contributed by atoms with Crippen molar-refractivity contribution in [3.05, 3.63) is 107 Å². The van der Waals surface area contributed by atoms with E-state index in [2.05, 4.69) is 101 Å². The van der Waals surface area contributed by atoms with Gasteiger partial charge in [-0.3, -0.25) is 4.98 Å². The van der Waals surface area contributed by atoms with Gasteiger partial charge in [0.25, 0.3) is 0 Å². The molecule has 4 aromatic rings. The van der Waals surface area contributed by atoms with E-state index >= 15 is 0 Å². The molecule has 6 nitrogen and oxygen atoms in total. The van der Waals surface area contributed by atoms with Crippen molar-refractivity contribution in [2.45, 2.75) is 32.9 Å². The van der Waals surface area contributed by atoms with Crippen molar-refractivity contribution in [1.29, 1.82) is 0 Å². The van der Waals surface area contributed by atoms with E-state index in [1.54, 1.807) is 0 Å². The van der Waals surface area contributed by atoms with Gasteiger partial charge in [0.1, 0.15) is 0 Å². The molecular weight excluding hydrogens is 490 g/mol. The van der Waals surface area contributed by atoms with Crippen LogP contribution in [0, 0.1) is 20.8 Å². The average Bonchev–Trinajstić information content (AvgIpc) is 3.45. The molecule has 0 bridgehead atoms. The quantitative estimate of drug-likeness (QED) is 0.333. The maximum Gasteiger partial charge on any atom is 0.174 e. The van der Waals surface area contributed by atoms with Crippen LogP contribution in [-0.2, 0) is 4.74 Å². The highest BCUT2D eigenvalue weighted by Gasteiger charge is 2.42. The third-order valence-electron chi connectivity index (χ3n) is 7.75. The first-order valence-electron chi connectivity index (χ1n) is 13.2. The molecule has 194 valence electrons. The molecule has 6 rings (SSSR count). The number of hydrogen-bond donors (Lipinski definition) is 1. The molecule has 0 saturated carbocycles. The fourth-order valence-corrected chi connectivity index (χ4v) is 6.21. The molecule has 2 aliphatic rings. The van der Waals surface area contributed by atoms with Gasteiger partial charge in [-0.2, -0.15) is 0 Å². The summed E-state index contributed by atoms with van der Waals surface area (Å²) in [5.74, 6) is 0. The first-order valence-corrected chi connectivity index (χ1v) is 13.6. The number of nitrogens with one attached hydrogen (secondary N) is 1. The van der Waals surface area contributed by atoms with Crippen molar-refractivity contribution >= 4 is 28.7 Å². The van der Waals surface area contributed by atoms with Crippen molar-refractivity contribution < 1.29 is 4.74 Å². The fraction of sp³-hybridized carbons (Fsp3) is 0.290. The molecule has 0 amide bonds. The molecule has 2 saturated heterocycles. The van der Waals surface area contributed by atoms with Crippen LogP contribution in [-0.4, -0.2) is 41.0 Å². The average molecular weight is 524 g/mol. The minimum Gasteiger partial charge on any atom is -0.378 e. The van der Waals surface area contributed by atoms with E-state index in [1.807, 2.05) is 18.3 Å². The zero-order valence-electron chi connectivity index (χ0n) is 22.1. The summed E-state index contributed by atoms with van der Waals surface area (Å²) in [6.07, 6.45) is 1.85. The Kier molecular flexibility index (Phi) is 6.64. The van der Waals surface area contributed by atoms with Gasteiger partial charge in [0.05, 0.1) is 31.0 Å². The lowest BCUT2D eigenvalue weighted by Crippen LogP contribution is -2.36. The molecule has 2 aromatic carbocycles. The van der Waals surface area contributed by atoms with Crippen LogP contribution < -0.4 is 15.1 Å². The predicted molar refractivity (Wildman–Crippen MR) is 157 cm³/mol. The summed E-state index contributed by atoms with van der Waals surface area (Å²) in [5, 5.41) is 4.32. The number of benzene rings is 2. The van der Waals surface area contributed by atoms with Crippen molar-refractivity contribution in [3.8, 4) is 5.69 Å². The lowest BCUT2D eigenvalue weighted by atomic mass is 9.96. The molecular formula is C31H33N5OS. The molecule has 0 aliphatic carbocycles. The van der Waals surface area contributed by atoms with Gasteiger partial charge < -0.3 is 24.4 Å². The summed E-state index contributed by atoms with van der Waals surface area (Å²) >= 11 is 5.99. The van der Waals surface area contributed by atoms with Crippen LogP contribution in [0.25, 0.3) is 5.69 Å². The predicted octanol–water partition coefficient (Wildman–Crippen LogP) is 5.81. The topological polar surface area (TPSA) is 45.6 Å². The number of hydrogen-bond acceptors (Lipinski definition) is 4. The number of aromatic nitrogens is 2. The number of pyridine rings is 1. The molecule has 0 spiro atoms. The highest BCUT2D eigenvalue weighted by Crippen LogP contribution is 2.44. The summed E-state index contributed by atoms with van der Waals surface area (Å²) in [6, 6.07) is 25.6. The largest absolute Gasteiger partial charge is 0.378 e. The molecule has 2 aliphatic heterocycles. The summed E-state index contributed by atoms with van der Waals surface area (Å²) in [6.45, 7) is 9.93. The van der Waals surface area contributed by atoms with Crippen molar-refractivity contribution in [1.82, 2.24) is 14.9 Å². The highest BCUT2D eigenvalue weighted by atomic mass is 32.1. The van der Waals surface area contributed by atoms with Crippen LogP contribution in [0.2, 0.25) is 0 Å². The Morgan fingerprint density at radius 3 is 2.32 bits per heavy atom. The molecule has 2 fully saturated rings. The number of morpholine rings is 1. The minimum absolute atomic E-state index is 0.0457. The number of anilines is 2. The van der Waals surface area contributed by atoms with E-state index in [0.717, 1.165) is 37.7 Å². The van der Waals surface area contributed by atoms with E-state index in [4.69, 9.17) is 21.9 Å². The standard InChI is InChI=1S/C31H33N5OS/c1-21-8-4-5-10-28(21)35-22(2)20-26(23(35)3)30-29(27-9-6-7-15-32-27)33-31(38)36(30)25-13-11-24(12-14-25)34-16-18-37-19-17-34/h4-15,20,29-30H,16-19H2,1-3H3,(H,33,38)/t29-,30-/m1/s1. The number of thiocarbonyl (C=S) groups is 1. The Morgan fingerprint density at radius 2 is 1.61 bits per heavy atom. The van der Waals surface area contributed by atoms with Gasteiger partial charge in [-0.15, -0.1) is 0 Å². The molecule has 0 unspecified atom stereocenters. The maximum absolute atomic E-state index is 5.99. The van der Waals surface area contributed by atoms with E-state index in [1.165, 1.54) is 33.9 Å². The normalized spacial score (nSPS) is 19.6. The van der Waals surface area contributed by atoms with Gasteiger partial charge in [-0.05, 0) is 92.6 Å². The van der Waals surface area contributed by atoms with Crippen LogP contribution in [0.1, 0.15) is 40.3 Å². The van der Waals surface area contributed by atoms with Gasteiger partial charge in [0, 0.05) is 47.7 Å². The van der Waals surface area contributed by atoms with E-state index in [0.29, 0.717) is 5.11 Å². The van der Waals surface area contributed by atoms with Gasteiger partial charge in [0.2, 0.25) is 0 Å². The Bertz CT molecular complexity index is 1440. The van der Waals surface area contributed by atoms with Crippen LogP contribution >= 0.6 is 12.2 Å². The second kappa shape index (κ2) is 10.2. The van der Waals surface area contributed by atoms with E-state index in [9.17, 15) is 0 Å². The van der Waals surface area contributed by atoms with Crippen LogP contribution in [0.5, 0.6) is 0 Å².